The molecule has 1 aromatic heterocycles. The minimum atomic E-state index is -4.80. The summed E-state index contributed by atoms with van der Waals surface area (Å²) in [4.78, 5) is 26.9. The van der Waals surface area contributed by atoms with Crippen LogP contribution in [0.2, 0.25) is 0 Å². The number of anilines is 1. The van der Waals surface area contributed by atoms with Gasteiger partial charge in [0.1, 0.15) is 5.75 Å². The van der Waals surface area contributed by atoms with E-state index in [-0.39, 0.29) is 18.2 Å². The predicted molar refractivity (Wildman–Crippen MR) is 129 cm³/mol. The van der Waals surface area contributed by atoms with E-state index >= 15 is 0 Å². The molecule has 2 aromatic carbocycles. The molecular weight excluding hydrogens is 471 g/mol. The van der Waals surface area contributed by atoms with Gasteiger partial charge < -0.3 is 14.6 Å². The number of imide groups is 1. The van der Waals surface area contributed by atoms with Gasteiger partial charge in [0.2, 0.25) is 5.91 Å². The number of benzene rings is 2. The molecule has 1 N–H and O–H groups in total. The molecule has 0 radical (unpaired) electrons. The van der Waals surface area contributed by atoms with E-state index in [9.17, 15) is 22.8 Å². The molecule has 3 heterocycles. The summed E-state index contributed by atoms with van der Waals surface area (Å²) in [5.74, 6) is -1.19. The van der Waals surface area contributed by atoms with Crippen molar-refractivity contribution in [3.05, 3.63) is 71.1 Å². The maximum absolute atomic E-state index is 13.5. The fourth-order valence-electron chi connectivity index (χ4n) is 5.06. The van der Waals surface area contributed by atoms with Crippen molar-refractivity contribution in [1.82, 2.24) is 9.47 Å². The van der Waals surface area contributed by atoms with Gasteiger partial charge in [-0.1, -0.05) is 32.0 Å². The zero-order valence-electron chi connectivity index (χ0n) is 20.1. The number of hydrogen-bond acceptors (Lipinski definition) is 4. The number of hydrogen-bond donors (Lipinski definition) is 1. The van der Waals surface area contributed by atoms with Crippen LogP contribution in [0.3, 0.4) is 0 Å². The Morgan fingerprint density at radius 3 is 2.53 bits per heavy atom. The Labute approximate surface area is 206 Å². The summed E-state index contributed by atoms with van der Waals surface area (Å²) in [6, 6.07) is 11.5. The maximum Gasteiger partial charge on any atom is 0.573 e. The third kappa shape index (κ3) is 4.23. The Bertz CT molecular complexity index is 1390. The highest BCUT2D eigenvalue weighted by Crippen LogP contribution is 2.46. The van der Waals surface area contributed by atoms with Crippen molar-refractivity contribution >= 4 is 28.4 Å². The van der Waals surface area contributed by atoms with Crippen LogP contribution in [0.5, 0.6) is 5.75 Å². The Morgan fingerprint density at radius 1 is 1.17 bits per heavy atom. The van der Waals surface area contributed by atoms with Gasteiger partial charge in [-0.05, 0) is 47.7 Å². The summed E-state index contributed by atoms with van der Waals surface area (Å²) in [6.07, 6.45) is -1.81. The third-order valence-corrected chi connectivity index (χ3v) is 6.71. The molecule has 6 nitrogen and oxygen atoms in total. The van der Waals surface area contributed by atoms with E-state index in [1.165, 1.54) is 24.0 Å². The minimum Gasteiger partial charge on any atom is -0.406 e. The molecule has 0 saturated carbocycles. The predicted octanol–water partition coefficient (Wildman–Crippen LogP) is 5.79. The molecule has 5 rings (SSSR count). The monoisotopic (exact) mass is 497 g/mol. The first kappa shape index (κ1) is 24.0. The molecule has 0 saturated heterocycles. The quantitative estimate of drug-likeness (QED) is 0.485. The van der Waals surface area contributed by atoms with Crippen molar-refractivity contribution in [2.75, 3.05) is 11.9 Å². The number of ether oxygens (including phenoxy) is 1. The number of alkyl halides is 3. The van der Waals surface area contributed by atoms with Crippen LogP contribution in [0.25, 0.3) is 10.9 Å². The first-order chi connectivity index (χ1) is 17.0. The molecule has 3 aromatic rings. The molecule has 0 unspecified atom stereocenters. The first-order valence-electron chi connectivity index (χ1n) is 11.8. The van der Waals surface area contributed by atoms with Crippen LogP contribution >= 0.6 is 0 Å². The van der Waals surface area contributed by atoms with Crippen LogP contribution in [0.4, 0.5) is 18.9 Å². The lowest BCUT2D eigenvalue weighted by Crippen LogP contribution is -2.33. The van der Waals surface area contributed by atoms with Crippen LogP contribution in [0.15, 0.2) is 59.9 Å². The van der Waals surface area contributed by atoms with E-state index in [0.29, 0.717) is 22.8 Å². The maximum atomic E-state index is 13.5. The lowest BCUT2D eigenvalue weighted by atomic mass is 9.84. The van der Waals surface area contributed by atoms with Gasteiger partial charge in [0.15, 0.2) is 0 Å². The summed E-state index contributed by atoms with van der Waals surface area (Å²) in [7, 11) is 0. The summed E-state index contributed by atoms with van der Waals surface area (Å²) in [6.45, 7) is 6.55. The Hall–Kier alpha value is -3.75. The van der Waals surface area contributed by atoms with Crippen LogP contribution < -0.4 is 10.1 Å². The Balaban J connectivity index is 1.68. The molecule has 2 aliphatic heterocycles. The van der Waals surface area contributed by atoms with E-state index in [4.69, 9.17) is 0 Å². The standard InChI is InChI=1S/C27H26F3N3O3/c1-15(2)11-12-32-13-19-23(17-7-9-18(10-8-17)36-27(28,29)30)25-21(14-33(16(3)34)26(25)35)31-20-5-4-6-22(32)24(19)20/h4-10,13,15,23,31H,11-12,14H2,1-3H3/t23-/m1/s1. The summed E-state index contributed by atoms with van der Waals surface area (Å²) in [5, 5.41) is 4.36. The molecule has 0 fully saturated rings. The number of aromatic nitrogens is 1. The van der Waals surface area contributed by atoms with Gasteiger partial charge in [-0.25, -0.2) is 0 Å². The average molecular weight is 498 g/mol. The van der Waals surface area contributed by atoms with Gasteiger partial charge in [0.05, 0.1) is 17.6 Å². The second kappa shape index (κ2) is 8.72. The van der Waals surface area contributed by atoms with Gasteiger partial charge in [-0.3, -0.25) is 14.5 Å². The van der Waals surface area contributed by atoms with Crippen LogP contribution in [-0.2, 0) is 16.1 Å². The molecular formula is C27H26F3N3O3. The SMILES string of the molecule is CC(=O)N1CC2=C(C1=O)[C@H](c1ccc(OC(F)(F)F)cc1)c1cn(CCC(C)C)c3cccc(c13)N2. The van der Waals surface area contributed by atoms with Crippen LogP contribution in [0.1, 0.15) is 44.2 Å². The number of carbonyl (C=O) groups excluding carboxylic acids is 2. The summed E-state index contributed by atoms with van der Waals surface area (Å²) >= 11 is 0. The van der Waals surface area contributed by atoms with Crippen molar-refractivity contribution in [2.45, 2.75) is 46.0 Å². The van der Waals surface area contributed by atoms with Gasteiger partial charge in [-0.15, -0.1) is 13.2 Å². The number of amides is 2. The average Bonchev–Trinajstić information content (AvgIpc) is 3.27. The molecule has 1 atom stereocenters. The second-order valence-electron chi connectivity index (χ2n) is 9.64. The van der Waals surface area contributed by atoms with E-state index in [0.717, 1.165) is 35.1 Å². The number of carbonyl (C=O) groups is 2. The highest BCUT2D eigenvalue weighted by molar-refractivity contribution is 6.11. The van der Waals surface area contributed by atoms with Gasteiger partial charge in [0.25, 0.3) is 5.91 Å². The van der Waals surface area contributed by atoms with Crippen molar-refractivity contribution in [3.8, 4) is 5.75 Å². The first-order valence-corrected chi connectivity index (χ1v) is 11.8. The lowest BCUT2D eigenvalue weighted by Gasteiger charge is -2.20. The van der Waals surface area contributed by atoms with E-state index in [1.54, 1.807) is 12.1 Å². The Morgan fingerprint density at radius 2 is 1.89 bits per heavy atom. The topological polar surface area (TPSA) is 63.6 Å². The minimum absolute atomic E-state index is 0.114. The van der Waals surface area contributed by atoms with E-state index in [1.807, 2.05) is 24.4 Å². The lowest BCUT2D eigenvalue weighted by molar-refractivity contribution is -0.274. The number of rotatable bonds is 5. The van der Waals surface area contributed by atoms with Gasteiger partial charge >= 0.3 is 6.36 Å². The van der Waals surface area contributed by atoms with Crippen molar-refractivity contribution < 1.29 is 27.5 Å². The molecule has 0 spiro atoms. The fourth-order valence-corrected chi connectivity index (χ4v) is 5.06. The van der Waals surface area contributed by atoms with Crippen molar-refractivity contribution in [2.24, 2.45) is 5.92 Å². The van der Waals surface area contributed by atoms with Gasteiger partial charge in [0, 0.05) is 42.4 Å². The van der Waals surface area contributed by atoms with Crippen molar-refractivity contribution in [1.29, 1.82) is 0 Å². The van der Waals surface area contributed by atoms with Crippen molar-refractivity contribution in [3.63, 3.8) is 0 Å². The number of nitrogens with zero attached hydrogens (tertiary/aromatic N) is 2. The van der Waals surface area contributed by atoms with Crippen LogP contribution in [-0.4, -0.2) is 34.2 Å². The van der Waals surface area contributed by atoms with Gasteiger partial charge in [-0.2, -0.15) is 0 Å². The number of aryl methyl sites for hydroxylation is 1. The molecule has 36 heavy (non-hydrogen) atoms. The van der Waals surface area contributed by atoms with E-state index in [2.05, 4.69) is 28.5 Å². The largest absolute Gasteiger partial charge is 0.573 e. The normalized spacial score (nSPS) is 17.5. The van der Waals surface area contributed by atoms with Crippen LogP contribution in [0, 0.1) is 5.92 Å². The zero-order valence-corrected chi connectivity index (χ0v) is 20.1. The highest BCUT2D eigenvalue weighted by Gasteiger charge is 2.41. The highest BCUT2D eigenvalue weighted by atomic mass is 19.4. The second-order valence-corrected chi connectivity index (χ2v) is 9.64. The third-order valence-electron chi connectivity index (χ3n) is 6.71. The number of nitrogens with one attached hydrogen (secondary N) is 1. The number of halogens is 3. The summed E-state index contributed by atoms with van der Waals surface area (Å²) in [5.41, 5.74) is 4.38. The fraction of sp³-hybridized carbons (Fsp3) is 0.333. The summed E-state index contributed by atoms with van der Waals surface area (Å²) < 4.78 is 44.4. The Kier molecular flexibility index (Phi) is 5.81. The smallest absolute Gasteiger partial charge is 0.406 e. The molecule has 2 aliphatic rings. The zero-order chi connectivity index (χ0) is 25.8. The molecule has 188 valence electrons. The molecule has 2 amide bonds. The van der Waals surface area contributed by atoms with E-state index < -0.39 is 18.2 Å². The molecule has 0 bridgehead atoms. The molecule has 0 aliphatic carbocycles. The molecule has 9 heteroatoms.